The summed E-state index contributed by atoms with van der Waals surface area (Å²) in [6.07, 6.45) is 7.21. The molecular formula is C19H15ClFN3O. The Balaban J connectivity index is 1.83. The molecular weight excluding hydrogens is 341 g/mol. The molecule has 126 valence electrons. The lowest BCUT2D eigenvalue weighted by Gasteiger charge is -2.34. The van der Waals surface area contributed by atoms with Crippen molar-refractivity contribution in [3.8, 4) is 0 Å². The highest BCUT2D eigenvalue weighted by atomic mass is 35.5. The van der Waals surface area contributed by atoms with Gasteiger partial charge < -0.3 is 4.90 Å². The highest BCUT2D eigenvalue weighted by Crippen LogP contribution is 2.41. The van der Waals surface area contributed by atoms with Crippen LogP contribution >= 0.6 is 11.6 Å². The number of halogens is 2. The van der Waals surface area contributed by atoms with Crippen LogP contribution in [0.5, 0.6) is 0 Å². The van der Waals surface area contributed by atoms with Crippen molar-refractivity contribution in [2.24, 2.45) is 4.99 Å². The van der Waals surface area contributed by atoms with Crippen molar-refractivity contribution in [3.63, 3.8) is 0 Å². The van der Waals surface area contributed by atoms with Crippen molar-refractivity contribution in [1.82, 2.24) is 4.98 Å². The van der Waals surface area contributed by atoms with E-state index in [0.29, 0.717) is 17.6 Å². The molecule has 0 saturated heterocycles. The first-order chi connectivity index (χ1) is 12.1. The summed E-state index contributed by atoms with van der Waals surface area (Å²) in [7, 11) is 0. The molecule has 2 heterocycles. The van der Waals surface area contributed by atoms with Gasteiger partial charge in [-0.2, -0.15) is 0 Å². The molecule has 0 saturated carbocycles. The highest BCUT2D eigenvalue weighted by molar-refractivity contribution is 6.31. The number of rotatable bonds is 2. The molecule has 0 spiro atoms. The molecule has 1 aromatic carbocycles. The Kier molecular flexibility index (Phi) is 4.09. The predicted molar refractivity (Wildman–Crippen MR) is 95.2 cm³/mol. The van der Waals surface area contributed by atoms with Crippen molar-refractivity contribution >= 4 is 29.4 Å². The Labute approximate surface area is 149 Å². The normalized spacial score (nSPS) is 20.0. The van der Waals surface area contributed by atoms with Crippen LogP contribution in [-0.2, 0) is 4.79 Å². The number of benzene rings is 1. The van der Waals surface area contributed by atoms with Crippen LogP contribution in [0.25, 0.3) is 0 Å². The minimum absolute atomic E-state index is 0.0670. The van der Waals surface area contributed by atoms with Gasteiger partial charge in [-0.05, 0) is 37.1 Å². The smallest absolute Gasteiger partial charge is 0.163 e. The van der Waals surface area contributed by atoms with Gasteiger partial charge in [0.2, 0.25) is 0 Å². The number of pyridine rings is 1. The van der Waals surface area contributed by atoms with Crippen LogP contribution in [-0.4, -0.2) is 17.1 Å². The van der Waals surface area contributed by atoms with Crippen LogP contribution in [0.15, 0.2) is 59.0 Å². The number of carbonyl (C=O) groups is 1. The highest BCUT2D eigenvalue weighted by Gasteiger charge is 2.34. The van der Waals surface area contributed by atoms with Gasteiger partial charge in [0.05, 0.1) is 18.2 Å². The summed E-state index contributed by atoms with van der Waals surface area (Å²) in [5.41, 5.74) is 3.07. The molecule has 6 heteroatoms. The minimum atomic E-state index is -0.496. The van der Waals surface area contributed by atoms with E-state index in [2.05, 4.69) is 9.98 Å². The summed E-state index contributed by atoms with van der Waals surface area (Å²) in [4.78, 5) is 23.3. The second-order valence-corrected chi connectivity index (χ2v) is 6.46. The first kappa shape index (κ1) is 16.0. The average Bonchev–Trinajstić information content (AvgIpc) is 2.62. The van der Waals surface area contributed by atoms with Crippen LogP contribution in [0, 0.1) is 5.82 Å². The number of ketones is 1. The SMILES string of the molecule is O=C1CCCC2=C1C(c1ccc(F)cc1Cl)N=CN2c1cccnc1. The summed E-state index contributed by atoms with van der Waals surface area (Å²) in [5.74, 6) is -0.341. The van der Waals surface area contributed by atoms with Gasteiger partial charge >= 0.3 is 0 Å². The number of aromatic nitrogens is 1. The van der Waals surface area contributed by atoms with E-state index in [9.17, 15) is 9.18 Å². The molecule has 0 fully saturated rings. The monoisotopic (exact) mass is 355 g/mol. The number of aliphatic imine (C=N–C) groups is 1. The van der Waals surface area contributed by atoms with Crippen LogP contribution in [0.3, 0.4) is 0 Å². The first-order valence-electron chi connectivity index (χ1n) is 8.09. The summed E-state index contributed by atoms with van der Waals surface area (Å²) < 4.78 is 13.4. The molecule has 0 radical (unpaired) electrons. The lowest BCUT2D eigenvalue weighted by Crippen LogP contribution is -2.32. The maximum absolute atomic E-state index is 13.4. The largest absolute Gasteiger partial charge is 0.303 e. The Hall–Kier alpha value is -2.53. The number of carbonyl (C=O) groups excluding carboxylic acids is 1. The van der Waals surface area contributed by atoms with Crippen molar-refractivity contribution in [1.29, 1.82) is 0 Å². The lowest BCUT2D eigenvalue weighted by molar-refractivity contribution is -0.116. The van der Waals surface area contributed by atoms with Crippen LogP contribution < -0.4 is 4.90 Å². The molecule has 0 amide bonds. The fourth-order valence-corrected chi connectivity index (χ4v) is 3.63. The van der Waals surface area contributed by atoms with E-state index in [1.165, 1.54) is 12.1 Å². The van der Waals surface area contributed by atoms with Gasteiger partial charge in [-0.1, -0.05) is 17.7 Å². The lowest BCUT2D eigenvalue weighted by atomic mass is 9.85. The molecule has 1 unspecified atom stereocenters. The average molecular weight is 356 g/mol. The fourth-order valence-electron chi connectivity index (χ4n) is 3.36. The van der Waals surface area contributed by atoms with Crippen molar-refractivity contribution in [3.05, 3.63) is 70.4 Å². The number of hydrogen-bond donors (Lipinski definition) is 0. The van der Waals surface area contributed by atoms with E-state index in [4.69, 9.17) is 11.6 Å². The summed E-state index contributed by atoms with van der Waals surface area (Å²) in [6, 6.07) is 7.48. The Morgan fingerprint density at radius 2 is 2.12 bits per heavy atom. The van der Waals surface area contributed by atoms with Gasteiger partial charge in [-0.15, -0.1) is 0 Å². The Morgan fingerprint density at radius 3 is 2.88 bits per heavy atom. The minimum Gasteiger partial charge on any atom is -0.303 e. The van der Waals surface area contributed by atoms with E-state index in [0.717, 1.165) is 24.2 Å². The molecule has 1 aromatic heterocycles. The Bertz CT molecular complexity index is 895. The number of anilines is 1. The second-order valence-electron chi connectivity index (χ2n) is 6.05. The maximum atomic E-state index is 13.4. The van der Waals surface area contributed by atoms with Gasteiger partial charge in [0.25, 0.3) is 0 Å². The van der Waals surface area contributed by atoms with E-state index in [-0.39, 0.29) is 10.8 Å². The summed E-state index contributed by atoms with van der Waals surface area (Å²) >= 11 is 6.22. The first-order valence-corrected chi connectivity index (χ1v) is 8.46. The fraction of sp³-hybridized carbons (Fsp3) is 0.211. The van der Waals surface area contributed by atoms with Gasteiger partial charge in [-0.25, -0.2) is 4.39 Å². The predicted octanol–water partition coefficient (Wildman–Crippen LogP) is 4.47. The number of allylic oxidation sites excluding steroid dienone is 1. The second kappa shape index (κ2) is 6.41. The third kappa shape index (κ3) is 2.85. The van der Waals surface area contributed by atoms with Crippen LogP contribution in [0.4, 0.5) is 10.1 Å². The van der Waals surface area contributed by atoms with Crippen molar-refractivity contribution in [2.75, 3.05) is 4.90 Å². The topological polar surface area (TPSA) is 45.6 Å². The molecule has 4 rings (SSSR count). The van der Waals surface area contributed by atoms with Crippen molar-refractivity contribution in [2.45, 2.75) is 25.3 Å². The maximum Gasteiger partial charge on any atom is 0.163 e. The molecule has 2 aromatic rings. The van der Waals surface area contributed by atoms with Gasteiger partial charge in [0.15, 0.2) is 5.78 Å². The van der Waals surface area contributed by atoms with E-state index in [1.54, 1.807) is 24.8 Å². The third-order valence-electron chi connectivity index (χ3n) is 4.51. The van der Waals surface area contributed by atoms with Gasteiger partial charge in [-0.3, -0.25) is 14.8 Å². The molecule has 25 heavy (non-hydrogen) atoms. The zero-order valence-electron chi connectivity index (χ0n) is 13.3. The van der Waals surface area contributed by atoms with E-state index < -0.39 is 11.9 Å². The molecule has 1 aliphatic heterocycles. The molecule has 1 aliphatic carbocycles. The standard InChI is InChI=1S/C19H15ClFN3O/c20-15-9-12(21)6-7-14(15)19-18-16(4-1-5-17(18)25)24(11-23-19)13-3-2-8-22-10-13/h2-3,6-11,19H,1,4-5H2. The molecule has 2 aliphatic rings. The van der Waals surface area contributed by atoms with Crippen LogP contribution in [0.2, 0.25) is 5.02 Å². The molecule has 0 bridgehead atoms. The Morgan fingerprint density at radius 1 is 1.24 bits per heavy atom. The van der Waals surface area contributed by atoms with Crippen molar-refractivity contribution < 1.29 is 9.18 Å². The number of Topliss-reactive ketones (excluding diaryl/α,β-unsaturated/α-hetero) is 1. The third-order valence-corrected chi connectivity index (χ3v) is 4.83. The zero-order valence-corrected chi connectivity index (χ0v) is 14.1. The van der Waals surface area contributed by atoms with Crippen LogP contribution in [0.1, 0.15) is 30.9 Å². The quantitative estimate of drug-likeness (QED) is 0.798. The molecule has 4 nitrogen and oxygen atoms in total. The summed E-state index contributed by atoms with van der Waals surface area (Å²) in [5, 5.41) is 0.280. The number of nitrogens with zero attached hydrogens (tertiary/aromatic N) is 3. The zero-order chi connectivity index (χ0) is 17.4. The number of hydrogen-bond acceptors (Lipinski definition) is 4. The van der Waals surface area contributed by atoms with Gasteiger partial charge in [0.1, 0.15) is 11.9 Å². The van der Waals surface area contributed by atoms with E-state index in [1.807, 2.05) is 17.0 Å². The molecule has 0 N–H and O–H groups in total. The molecule has 1 atom stereocenters. The summed E-state index contributed by atoms with van der Waals surface area (Å²) in [6.45, 7) is 0. The van der Waals surface area contributed by atoms with E-state index >= 15 is 0 Å². The van der Waals surface area contributed by atoms with Gasteiger partial charge in [0, 0.05) is 34.5 Å².